The SMILES string of the molecule is Cc1ccc(-n2c(=O)[nH]c(=O)c3cc(N)cnc32)c(C)c1. The molecule has 0 aliphatic carbocycles. The molecule has 0 aliphatic rings. The number of benzene rings is 1. The van der Waals surface area contributed by atoms with E-state index >= 15 is 0 Å². The molecular formula is C15H14N4O2. The lowest BCUT2D eigenvalue weighted by molar-refractivity contribution is 0.918. The summed E-state index contributed by atoms with van der Waals surface area (Å²) in [6, 6.07) is 7.22. The van der Waals surface area contributed by atoms with E-state index in [1.54, 1.807) is 0 Å². The maximum atomic E-state index is 12.2. The van der Waals surface area contributed by atoms with Gasteiger partial charge in [0.2, 0.25) is 0 Å². The van der Waals surface area contributed by atoms with Gasteiger partial charge in [0, 0.05) is 0 Å². The monoisotopic (exact) mass is 282 g/mol. The molecule has 0 spiro atoms. The zero-order valence-corrected chi connectivity index (χ0v) is 11.7. The Labute approximate surface area is 119 Å². The highest BCUT2D eigenvalue weighted by molar-refractivity contribution is 5.78. The Morgan fingerprint density at radius 1 is 1.19 bits per heavy atom. The summed E-state index contributed by atoms with van der Waals surface area (Å²) in [4.78, 5) is 30.6. The van der Waals surface area contributed by atoms with Crippen LogP contribution in [-0.2, 0) is 0 Å². The number of nitrogens with one attached hydrogen (secondary N) is 1. The summed E-state index contributed by atoms with van der Waals surface area (Å²) in [5.74, 6) is 0. The Kier molecular flexibility index (Phi) is 2.86. The molecule has 0 saturated heterocycles. The number of hydrogen-bond acceptors (Lipinski definition) is 4. The molecule has 106 valence electrons. The maximum Gasteiger partial charge on any atom is 0.334 e. The smallest absolute Gasteiger partial charge is 0.334 e. The summed E-state index contributed by atoms with van der Waals surface area (Å²) in [5, 5.41) is 0.287. The average molecular weight is 282 g/mol. The Morgan fingerprint density at radius 3 is 2.67 bits per heavy atom. The van der Waals surface area contributed by atoms with Gasteiger partial charge in [0.25, 0.3) is 5.56 Å². The minimum Gasteiger partial charge on any atom is -0.397 e. The van der Waals surface area contributed by atoms with Crippen LogP contribution in [0.4, 0.5) is 5.69 Å². The third-order valence-electron chi connectivity index (χ3n) is 3.36. The fourth-order valence-corrected chi connectivity index (χ4v) is 2.42. The molecule has 21 heavy (non-hydrogen) atoms. The average Bonchev–Trinajstić information content (AvgIpc) is 2.41. The van der Waals surface area contributed by atoms with Crippen molar-refractivity contribution < 1.29 is 0 Å². The third kappa shape index (κ3) is 2.10. The molecule has 3 aromatic rings. The van der Waals surface area contributed by atoms with E-state index in [-0.39, 0.29) is 5.39 Å². The van der Waals surface area contributed by atoms with Gasteiger partial charge in [-0.2, -0.15) is 0 Å². The molecule has 3 N–H and O–H groups in total. The Bertz CT molecular complexity index is 970. The quantitative estimate of drug-likeness (QED) is 0.703. The van der Waals surface area contributed by atoms with Crippen LogP contribution in [-0.4, -0.2) is 14.5 Å². The second-order valence-electron chi connectivity index (χ2n) is 5.02. The molecule has 0 atom stereocenters. The van der Waals surface area contributed by atoms with E-state index in [0.717, 1.165) is 11.1 Å². The highest BCUT2D eigenvalue weighted by Gasteiger charge is 2.12. The van der Waals surface area contributed by atoms with Crippen LogP contribution in [0, 0.1) is 13.8 Å². The number of nitrogen functional groups attached to an aromatic ring is 1. The van der Waals surface area contributed by atoms with E-state index in [9.17, 15) is 9.59 Å². The molecule has 3 rings (SSSR count). The molecule has 0 amide bonds. The minimum atomic E-state index is -0.517. The molecular weight excluding hydrogens is 268 g/mol. The van der Waals surface area contributed by atoms with Crippen molar-refractivity contribution in [2.75, 3.05) is 5.73 Å². The van der Waals surface area contributed by atoms with Crippen molar-refractivity contribution in [1.29, 1.82) is 0 Å². The van der Waals surface area contributed by atoms with E-state index < -0.39 is 11.2 Å². The standard InChI is InChI=1S/C15H14N4O2/c1-8-3-4-12(9(2)5-8)19-13-11(6-10(16)7-17-13)14(20)18-15(19)21/h3-7H,16H2,1-2H3,(H,18,20,21). The van der Waals surface area contributed by atoms with Crippen molar-refractivity contribution in [2.24, 2.45) is 0 Å². The molecule has 2 aromatic heterocycles. The zero-order chi connectivity index (χ0) is 15.1. The maximum absolute atomic E-state index is 12.2. The Morgan fingerprint density at radius 2 is 1.95 bits per heavy atom. The Balaban J connectivity index is 2.48. The van der Waals surface area contributed by atoms with Crippen LogP contribution in [0.25, 0.3) is 16.7 Å². The lowest BCUT2D eigenvalue weighted by Gasteiger charge is -2.12. The van der Waals surface area contributed by atoms with Gasteiger partial charge in [0.15, 0.2) is 5.65 Å². The van der Waals surface area contributed by atoms with Crippen molar-refractivity contribution in [3.05, 3.63) is 62.4 Å². The molecule has 0 bridgehead atoms. The van der Waals surface area contributed by atoms with Crippen molar-refractivity contribution in [1.82, 2.24) is 14.5 Å². The van der Waals surface area contributed by atoms with E-state index in [1.807, 2.05) is 32.0 Å². The van der Waals surface area contributed by atoms with E-state index in [2.05, 4.69) is 9.97 Å². The molecule has 0 saturated carbocycles. The first-order valence-electron chi connectivity index (χ1n) is 6.45. The van der Waals surface area contributed by atoms with Gasteiger partial charge in [-0.25, -0.2) is 14.3 Å². The third-order valence-corrected chi connectivity index (χ3v) is 3.36. The van der Waals surface area contributed by atoms with Crippen molar-refractivity contribution in [2.45, 2.75) is 13.8 Å². The minimum absolute atomic E-state index is 0.287. The summed E-state index contributed by atoms with van der Waals surface area (Å²) < 4.78 is 1.39. The van der Waals surface area contributed by atoms with Gasteiger partial charge in [-0.05, 0) is 31.5 Å². The molecule has 0 radical (unpaired) electrons. The highest BCUT2D eigenvalue weighted by Crippen LogP contribution is 2.18. The lowest BCUT2D eigenvalue weighted by Crippen LogP contribution is -2.30. The van der Waals surface area contributed by atoms with E-state index in [1.165, 1.54) is 16.8 Å². The topological polar surface area (TPSA) is 93.8 Å². The second kappa shape index (κ2) is 4.59. The van der Waals surface area contributed by atoms with Gasteiger partial charge in [-0.3, -0.25) is 9.78 Å². The normalized spacial score (nSPS) is 11.0. The number of rotatable bonds is 1. The molecule has 1 aromatic carbocycles. The number of pyridine rings is 1. The van der Waals surface area contributed by atoms with Gasteiger partial charge >= 0.3 is 5.69 Å². The number of aromatic amines is 1. The summed E-state index contributed by atoms with van der Waals surface area (Å²) in [5.41, 5.74) is 8.03. The first-order valence-corrected chi connectivity index (χ1v) is 6.45. The number of nitrogens with zero attached hydrogens (tertiary/aromatic N) is 2. The molecule has 6 heteroatoms. The molecule has 0 unspecified atom stereocenters. The van der Waals surface area contributed by atoms with Crippen LogP contribution in [0.15, 0.2) is 40.1 Å². The van der Waals surface area contributed by atoms with Gasteiger partial charge in [-0.15, -0.1) is 0 Å². The first kappa shape index (κ1) is 13.1. The van der Waals surface area contributed by atoms with Crippen molar-refractivity contribution in [3.8, 4) is 5.69 Å². The highest BCUT2D eigenvalue weighted by atomic mass is 16.2. The molecule has 0 aliphatic heterocycles. The van der Waals surface area contributed by atoms with Gasteiger partial charge in [-0.1, -0.05) is 17.7 Å². The van der Waals surface area contributed by atoms with Crippen LogP contribution < -0.4 is 17.0 Å². The van der Waals surface area contributed by atoms with Gasteiger partial charge in [0.1, 0.15) is 0 Å². The Hall–Kier alpha value is -2.89. The first-order chi connectivity index (χ1) is 9.97. The molecule has 6 nitrogen and oxygen atoms in total. The van der Waals surface area contributed by atoms with Crippen LogP contribution in [0.1, 0.15) is 11.1 Å². The summed E-state index contributed by atoms with van der Waals surface area (Å²) >= 11 is 0. The number of anilines is 1. The van der Waals surface area contributed by atoms with Crippen LogP contribution >= 0.6 is 0 Å². The van der Waals surface area contributed by atoms with Crippen LogP contribution in [0.2, 0.25) is 0 Å². The van der Waals surface area contributed by atoms with Gasteiger partial charge in [0.05, 0.1) is 23.0 Å². The van der Waals surface area contributed by atoms with Crippen LogP contribution in [0.3, 0.4) is 0 Å². The molecule has 2 heterocycles. The van der Waals surface area contributed by atoms with Crippen molar-refractivity contribution >= 4 is 16.7 Å². The molecule has 0 fully saturated rings. The number of H-pyrrole nitrogens is 1. The fourth-order valence-electron chi connectivity index (χ4n) is 2.42. The predicted molar refractivity (Wildman–Crippen MR) is 81.8 cm³/mol. The predicted octanol–water partition coefficient (Wildman–Crippen LogP) is 1.27. The summed E-state index contributed by atoms with van der Waals surface area (Å²) in [7, 11) is 0. The summed E-state index contributed by atoms with van der Waals surface area (Å²) in [6.45, 7) is 3.88. The van der Waals surface area contributed by atoms with Gasteiger partial charge < -0.3 is 5.73 Å². The zero-order valence-electron chi connectivity index (χ0n) is 11.7. The number of aromatic nitrogens is 3. The number of fused-ring (bicyclic) bond motifs is 1. The van der Waals surface area contributed by atoms with E-state index in [4.69, 9.17) is 5.73 Å². The van der Waals surface area contributed by atoms with E-state index in [0.29, 0.717) is 17.0 Å². The number of nitrogens with two attached hydrogens (primary N) is 1. The largest absolute Gasteiger partial charge is 0.397 e. The van der Waals surface area contributed by atoms with Crippen LogP contribution in [0.5, 0.6) is 0 Å². The van der Waals surface area contributed by atoms with Crippen molar-refractivity contribution in [3.63, 3.8) is 0 Å². The number of hydrogen-bond donors (Lipinski definition) is 2. The summed E-state index contributed by atoms with van der Waals surface area (Å²) in [6.07, 6.45) is 1.43. The lowest BCUT2D eigenvalue weighted by atomic mass is 10.1. The second-order valence-corrected chi connectivity index (χ2v) is 5.02. The fraction of sp³-hybridized carbons (Fsp3) is 0.133. The number of aryl methyl sites for hydroxylation is 2.